The number of urea groups is 1. The molecule has 88 valence electrons. The Morgan fingerprint density at radius 2 is 2.35 bits per heavy atom. The number of fused-ring (bicyclic) bond motifs is 3. The van der Waals surface area contributed by atoms with Gasteiger partial charge in [0.25, 0.3) is 0 Å². The van der Waals surface area contributed by atoms with Gasteiger partial charge in [0.2, 0.25) is 0 Å². The molecule has 3 nitrogen and oxygen atoms in total. The van der Waals surface area contributed by atoms with Gasteiger partial charge in [-0.25, -0.2) is 4.79 Å². The predicted molar refractivity (Wildman–Crippen MR) is 68.3 cm³/mol. The van der Waals surface area contributed by atoms with Crippen molar-refractivity contribution in [3.63, 3.8) is 0 Å². The molecule has 0 saturated carbocycles. The van der Waals surface area contributed by atoms with Gasteiger partial charge in [-0.3, -0.25) is 4.90 Å². The van der Waals surface area contributed by atoms with Gasteiger partial charge in [0.1, 0.15) is 0 Å². The van der Waals surface area contributed by atoms with Crippen molar-refractivity contribution in [2.24, 2.45) is 0 Å². The van der Waals surface area contributed by atoms with E-state index in [1.54, 1.807) is 6.08 Å². The van der Waals surface area contributed by atoms with Gasteiger partial charge in [0.05, 0.1) is 6.04 Å². The minimum absolute atomic E-state index is 0.124. The number of rotatable bonds is 2. The third kappa shape index (κ3) is 1.46. The number of amides is 2. The van der Waals surface area contributed by atoms with E-state index in [1.165, 1.54) is 11.1 Å². The Morgan fingerprint density at radius 1 is 1.53 bits per heavy atom. The number of anilines is 1. The van der Waals surface area contributed by atoms with Crippen molar-refractivity contribution < 1.29 is 4.79 Å². The lowest BCUT2D eigenvalue weighted by atomic mass is 10.1. The van der Waals surface area contributed by atoms with Crippen LogP contribution in [0.25, 0.3) is 0 Å². The van der Waals surface area contributed by atoms with Gasteiger partial charge in [-0.1, -0.05) is 18.2 Å². The van der Waals surface area contributed by atoms with E-state index in [1.807, 2.05) is 9.80 Å². The molecule has 1 aromatic carbocycles. The molecule has 0 aliphatic carbocycles. The highest BCUT2D eigenvalue weighted by Crippen LogP contribution is 2.37. The number of carbonyl (C=O) groups excluding carboxylic acids is 1. The maximum absolute atomic E-state index is 12.3. The second kappa shape index (κ2) is 3.62. The third-order valence-electron chi connectivity index (χ3n) is 3.58. The summed E-state index contributed by atoms with van der Waals surface area (Å²) in [6, 6.07) is 6.82. The minimum Gasteiger partial charge on any atom is -0.319 e. The summed E-state index contributed by atoms with van der Waals surface area (Å²) >= 11 is 0. The standard InChI is InChI=1S/C14H16N2O/c1-3-6-15-9-12-8-11-5-4-10(2)7-13(11)16(12)14(15)17/h3-5,7,12H,1,6,8-9H2,2H3. The van der Waals surface area contributed by atoms with E-state index >= 15 is 0 Å². The molecule has 2 aliphatic rings. The quantitative estimate of drug-likeness (QED) is 0.713. The van der Waals surface area contributed by atoms with E-state index < -0.39 is 0 Å². The van der Waals surface area contributed by atoms with Crippen LogP contribution in [-0.4, -0.2) is 30.1 Å². The zero-order chi connectivity index (χ0) is 12.0. The van der Waals surface area contributed by atoms with Crippen LogP contribution in [0.3, 0.4) is 0 Å². The molecule has 0 N–H and O–H groups in total. The predicted octanol–water partition coefficient (Wildman–Crippen LogP) is 2.35. The van der Waals surface area contributed by atoms with E-state index in [0.717, 1.165) is 18.7 Å². The summed E-state index contributed by atoms with van der Waals surface area (Å²) in [5.74, 6) is 0. The zero-order valence-electron chi connectivity index (χ0n) is 10.0. The van der Waals surface area contributed by atoms with Gasteiger partial charge in [-0.2, -0.15) is 0 Å². The average molecular weight is 228 g/mol. The monoisotopic (exact) mass is 228 g/mol. The Labute approximate surface area is 101 Å². The first kappa shape index (κ1) is 10.4. The Kier molecular flexibility index (Phi) is 2.21. The van der Waals surface area contributed by atoms with Crippen LogP contribution in [-0.2, 0) is 6.42 Å². The maximum Gasteiger partial charge on any atom is 0.325 e. The van der Waals surface area contributed by atoms with Crippen LogP contribution in [0.15, 0.2) is 30.9 Å². The number of aryl methyl sites for hydroxylation is 1. The molecule has 0 bridgehead atoms. The largest absolute Gasteiger partial charge is 0.325 e. The van der Waals surface area contributed by atoms with E-state index in [0.29, 0.717) is 12.6 Å². The molecule has 0 spiro atoms. The minimum atomic E-state index is 0.124. The molecule has 2 heterocycles. The SMILES string of the molecule is C=CCN1CC2Cc3ccc(C)cc3N2C1=O. The number of nitrogens with zero attached hydrogens (tertiary/aromatic N) is 2. The number of benzene rings is 1. The molecule has 1 atom stereocenters. The van der Waals surface area contributed by atoms with Crippen molar-refractivity contribution in [1.82, 2.24) is 4.90 Å². The van der Waals surface area contributed by atoms with Gasteiger partial charge in [0.15, 0.2) is 0 Å². The Hall–Kier alpha value is -1.77. The first-order valence-electron chi connectivity index (χ1n) is 5.99. The smallest absolute Gasteiger partial charge is 0.319 e. The second-order valence-electron chi connectivity index (χ2n) is 4.84. The summed E-state index contributed by atoms with van der Waals surface area (Å²) in [5, 5.41) is 0. The highest BCUT2D eigenvalue weighted by atomic mass is 16.2. The van der Waals surface area contributed by atoms with E-state index in [4.69, 9.17) is 0 Å². The van der Waals surface area contributed by atoms with Crippen LogP contribution in [0.1, 0.15) is 11.1 Å². The van der Waals surface area contributed by atoms with Gasteiger partial charge < -0.3 is 4.90 Å². The van der Waals surface area contributed by atoms with Crippen LogP contribution in [0.2, 0.25) is 0 Å². The van der Waals surface area contributed by atoms with Crippen LogP contribution in [0.4, 0.5) is 10.5 Å². The molecule has 3 rings (SSSR count). The number of hydrogen-bond donors (Lipinski definition) is 0. The lowest BCUT2D eigenvalue weighted by Gasteiger charge is -2.17. The summed E-state index contributed by atoms with van der Waals surface area (Å²) in [4.78, 5) is 16.1. The van der Waals surface area contributed by atoms with Crippen molar-refractivity contribution in [3.8, 4) is 0 Å². The number of hydrogen-bond acceptors (Lipinski definition) is 1. The average Bonchev–Trinajstić information content (AvgIpc) is 2.78. The Bertz CT molecular complexity index is 495. The molecule has 1 aromatic rings. The van der Waals surface area contributed by atoms with E-state index in [2.05, 4.69) is 31.7 Å². The van der Waals surface area contributed by atoms with Gasteiger partial charge in [0, 0.05) is 18.8 Å². The fraction of sp³-hybridized carbons (Fsp3) is 0.357. The van der Waals surface area contributed by atoms with Gasteiger partial charge in [-0.05, 0) is 30.5 Å². The maximum atomic E-state index is 12.3. The normalized spacial score (nSPS) is 21.7. The molecule has 1 unspecified atom stereocenters. The van der Waals surface area contributed by atoms with Crippen LogP contribution < -0.4 is 4.90 Å². The van der Waals surface area contributed by atoms with E-state index in [9.17, 15) is 4.79 Å². The van der Waals surface area contributed by atoms with Crippen molar-refractivity contribution in [2.45, 2.75) is 19.4 Å². The van der Waals surface area contributed by atoms with Gasteiger partial charge >= 0.3 is 6.03 Å². The first-order valence-corrected chi connectivity index (χ1v) is 5.99. The zero-order valence-corrected chi connectivity index (χ0v) is 10.0. The summed E-state index contributed by atoms with van der Waals surface area (Å²) in [5.41, 5.74) is 3.61. The highest BCUT2D eigenvalue weighted by Gasteiger charge is 2.42. The molecule has 0 aromatic heterocycles. The van der Waals surface area contributed by atoms with E-state index in [-0.39, 0.29) is 6.03 Å². The molecular formula is C14H16N2O. The summed E-state index contributed by atoms with van der Waals surface area (Å²) in [6.45, 7) is 7.23. The van der Waals surface area contributed by atoms with Crippen LogP contribution in [0.5, 0.6) is 0 Å². The van der Waals surface area contributed by atoms with Gasteiger partial charge in [-0.15, -0.1) is 6.58 Å². The van der Waals surface area contributed by atoms with Crippen molar-refractivity contribution >= 4 is 11.7 Å². The number of carbonyl (C=O) groups is 1. The Balaban J connectivity index is 1.97. The molecule has 0 radical (unpaired) electrons. The molecule has 1 saturated heterocycles. The molecule has 1 fully saturated rings. The van der Waals surface area contributed by atoms with Crippen molar-refractivity contribution in [2.75, 3.05) is 18.0 Å². The van der Waals surface area contributed by atoms with Crippen LogP contribution in [0, 0.1) is 6.92 Å². The molecule has 3 heteroatoms. The molecule has 2 aliphatic heterocycles. The fourth-order valence-corrected chi connectivity index (χ4v) is 2.81. The fourth-order valence-electron chi connectivity index (χ4n) is 2.81. The highest BCUT2D eigenvalue weighted by molar-refractivity contribution is 5.97. The molecule has 2 amide bonds. The molecule has 17 heavy (non-hydrogen) atoms. The summed E-state index contributed by atoms with van der Waals surface area (Å²) in [6.07, 6.45) is 2.77. The van der Waals surface area contributed by atoms with Crippen molar-refractivity contribution in [1.29, 1.82) is 0 Å². The summed E-state index contributed by atoms with van der Waals surface area (Å²) in [7, 11) is 0. The Morgan fingerprint density at radius 3 is 3.12 bits per heavy atom. The van der Waals surface area contributed by atoms with Crippen molar-refractivity contribution in [3.05, 3.63) is 42.0 Å². The molecular weight excluding hydrogens is 212 g/mol. The first-order chi connectivity index (χ1) is 8.20. The third-order valence-corrected chi connectivity index (χ3v) is 3.58. The van der Waals surface area contributed by atoms with Crippen LogP contribution >= 0.6 is 0 Å². The summed E-state index contributed by atoms with van der Waals surface area (Å²) < 4.78 is 0. The second-order valence-corrected chi connectivity index (χ2v) is 4.84. The topological polar surface area (TPSA) is 23.6 Å². The lowest BCUT2D eigenvalue weighted by molar-refractivity contribution is 0.225. The lowest BCUT2D eigenvalue weighted by Crippen LogP contribution is -2.32.